The number of nitriles is 1. The largest absolute Gasteiger partial charge is 0.497 e. The smallest absolute Gasteiger partial charge is 0.119 e. The van der Waals surface area contributed by atoms with Crippen LogP contribution in [0.5, 0.6) is 5.75 Å². The molecular weight excluding hydrogens is 274 g/mol. The van der Waals surface area contributed by atoms with E-state index in [0.717, 1.165) is 33.6 Å². The normalized spacial score (nSPS) is 10.4. The summed E-state index contributed by atoms with van der Waals surface area (Å²) in [7, 11) is 3.64. The zero-order valence-electron chi connectivity index (χ0n) is 12.6. The number of nitrogens with zero attached hydrogens (tertiary/aromatic N) is 2. The van der Waals surface area contributed by atoms with E-state index in [1.807, 2.05) is 55.6 Å². The molecule has 0 aliphatic carbocycles. The lowest BCUT2D eigenvalue weighted by Crippen LogP contribution is -2.06. The van der Waals surface area contributed by atoms with Crippen molar-refractivity contribution in [3.63, 3.8) is 0 Å². The molecule has 110 valence electrons. The van der Waals surface area contributed by atoms with E-state index in [4.69, 9.17) is 4.74 Å². The minimum atomic E-state index is 0.598. The summed E-state index contributed by atoms with van der Waals surface area (Å²) in [6.45, 7) is 0.598. The number of aryl methyl sites for hydroxylation is 1. The number of ether oxygens (including phenoxy) is 1. The average molecular weight is 291 g/mol. The van der Waals surface area contributed by atoms with Crippen molar-refractivity contribution in [2.75, 3.05) is 12.4 Å². The van der Waals surface area contributed by atoms with Crippen molar-refractivity contribution in [2.24, 2.45) is 7.05 Å². The predicted molar refractivity (Wildman–Crippen MR) is 88.0 cm³/mol. The molecule has 2 aromatic carbocycles. The number of benzene rings is 2. The Labute approximate surface area is 129 Å². The fourth-order valence-electron chi connectivity index (χ4n) is 2.67. The lowest BCUT2D eigenvalue weighted by molar-refractivity contribution is 0.415. The van der Waals surface area contributed by atoms with Crippen LogP contribution in [-0.4, -0.2) is 11.7 Å². The summed E-state index contributed by atoms with van der Waals surface area (Å²) in [6, 6.07) is 18.1. The molecule has 22 heavy (non-hydrogen) atoms. The summed E-state index contributed by atoms with van der Waals surface area (Å²) < 4.78 is 7.23. The SMILES string of the molecule is COc1ccc(NCc2c(C#N)c3ccccc3n2C)cc1. The monoisotopic (exact) mass is 291 g/mol. The molecule has 1 aromatic heterocycles. The number of fused-ring (bicyclic) bond motifs is 1. The summed E-state index contributed by atoms with van der Waals surface area (Å²) >= 11 is 0. The van der Waals surface area contributed by atoms with Gasteiger partial charge in [0.05, 0.1) is 24.9 Å². The Bertz CT molecular complexity index is 841. The standard InChI is InChI=1S/C18H17N3O/c1-21-17-6-4-3-5-15(17)16(11-19)18(21)12-20-13-7-9-14(22-2)10-8-13/h3-10,20H,12H2,1-2H3. The fraction of sp³-hybridized carbons (Fsp3) is 0.167. The molecule has 3 aromatic rings. The first kappa shape index (κ1) is 14.0. The summed E-state index contributed by atoms with van der Waals surface area (Å²) in [5.74, 6) is 0.827. The van der Waals surface area contributed by atoms with Gasteiger partial charge in [-0.15, -0.1) is 0 Å². The van der Waals surface area contributed by atoms with Gasteiger partial charge < -0.3 is 14.6 Å². The second-order valence-electron chi connectivity index (χ2n) is 5.09. The van der Waals surface area contributed by atoms with Crippen LogP contribution in [0.15, 0.2) is 48.5 Å². The number of methoxy groups -OCH3 is 1. The van der Waals surface area contributed by atoms with E-state index in [-0.39, 0.29) is 0 Å². The summed E-state index contributed by atoms with van der Waals surface area (Å²) in [5.41, 5.74) is 3.79. The van der Waals surface area contributed by atoms with Crippen LogP contribution in [0.4, 0.5) is 5.69 Å². The Morgan fingerprint density at radius 1 is 1.14 bits per heavy atom. The maximum absolute atomic E-state index is 9.49. The van der Waals surface area contributed by atoms with E-state index < -0.39 is 0 Å². The van der Waals surface area contributed by atoms with E-state index in [0.29, 0.717) is 6.54 Å². The highest BCUT2D eigenvalue weighted by atomic mass is 16.5. The van der Waals surface area contributed by atoms with Crippen LogP contribution >= 0.6 is 0 Å². The third-order valence-corrected chi connectivity index (χ3v) is 3.89. The number of hydrogen-bond donors (Lipinski definition) is 1. The maximum Gasteiger partial charge on any atom is 0.119 e. The molecule has 0 saturated heterocycles. The third kappa shape index (κ3) is 2.38. The van der Waals surface area contributed by atoms with Crippen molar-refractivity contribution in [1.29, 1.82) is 5.26 Å². The quantitative estimate of drug-likeness (QED) is 0.798. The van der Waals surface area contributed by atoms with Gasteiger partial charge >= 0.3 is 0 Å². The molecule has 0 radical (unpaired) electrons. The number of nitrogens with one attached hydrogen (secondary N) is 1. The Morgan fingerprint density at radius 2 is 1.86 bits per heavy atom. The topological polar surface area (TPSA) is 50.0 Å². The van der Waals surface area contributed by atoms with Crippen LogP contribution in [0, 0.1) is 11.3 Å². The first-order valence-corrected chi connectivity index (χ1v) is 7.09. The number of aromatic nitrogens is 1. The molecular formula is C18H17N3O. The molecule has 4 nitrogen and oxygen atoms in total. The number of anilines is 1. The molecule has 0 bridgehead atoms. The Kier molecular flexibility index (Phi) is 3.71. The molecule has 0 amide bonds. The fourth-order valence-corrected chi connectivity index (χ4v) is 2.67. The molecule has 1 heterocycles. The highest BCUT2D eigenvalue weighted by molar-refractivity contribution is 5.88. The minimum Gasteiger partial charge on any atom is -0.497 e. The lowest BCUT2D eigenvalue weighted by Gasteiger charge is -2.09. The summed E-state index contributed by atoms with van der Waals surface area (Å²) in [6.07, 6.45) is 0. The van der Waals surface area contributed by atoms with Gasteiger partial charge in [-0.2, -0.15) is 5.26 Å². The van der Waals surface area contributed by atoms with Crippen LogP contribution in [0.2, 0.25) is 0 Å². The van der Waals surface area contributed by atoms with Crippen molar-refractivity contribution in [3.8, 4) is 11.8 Å². The molecule has 1 N–H and O–H groups in total. The van der Waals surface area contributed by atoms with Crippen molar-refractivity contribution >= 4 is 16.6 Å². The molecule has 4 heteroatoms. The zero-order chi connectivity index (χ0) is 15.5. The van der Waals surface area contributed by atoms with Gasteiger partial charge in [-0.1, -0.05) is 18.2 Å². The third-order valence-electron chi connectivity index (χ3n) is 3.89. The van der Waals surface area contributed by atoms with E-state index in [9.17, 15) is 5.26 Å². The van der Waals surface area contributed by atoms with Gasteiger partial charge in [0.25, 0.3) is 0 Å². The van der Waals surface area contributed by atoms with Crippen molar-refractivity contribution in [3.05, 3.63) is 59.8 Å². The van der Waals surface area contributed by atoms with E-state index >= 15 is 0 Å². The minimum absolute atomic E-state index is 0.598. The van der Waals surface area contributed by atoms with Gasteiger partial charge in [-0.25, -0.2) is 0 Å². The molecule has 0 saturated carbocycles. The number of hydrogen-bond acceptors (Lipinski definition) is 3. The van der Waals surface area contributed by atoms with E-state index in [2.05, 4.69) is 16.0 Å². The molecule has 0 atom stereocenters. The van der Waals surface area contributed by atoms with Crippen LogP contribution in [0.25, 0.3) is 10.9 Å². The van der Waals surface area contributed by atoms with Crippen LogP contribution in [0.1, 0.15) is 11.3 Å². The van der Waals surface area contributed by atoms with E-state index in [1.54, 1.807) is 7.11 Å². The highest BCUT2D eigenvalue weighted by Crippen LogP contribution is 2.25. The molecule has 0 fully saturated rings. The van der Waals surface area contributed by atoms with Gasteiger partial charge in [0.1, 0.15) is 11.8 Å². The Morgan fingerprint density at radius 3 is 2.55 bits per heavy atom. The first-order chi connectivity index (χ1) is 10.7. The summed E-state index contributed by atoms with van der Waals surface area (Å²) in [4.78, 5) is 0. The first-order valence-electron chi connectivity index (χ1n) is 7.09. The maximum atomic E-state index is 9.49. The molecule has 3 rings (SSSR count). The van der Waals surface area contributed by atoms with Crippen LogP contribution < -0.4 is 10.1 Å². The van der Waals surface area contributed by atoms with Crippen LogP contribution in [-0.2, 0) is 13.6 Å². The number of para-hydroxylation sites is 1. The van der Waals surface area contributed by atoms with E-state index in [1.165, 1.54) is 0 Å². The molecule has 0 aliphatic heterocycles. The lowest BCUT2D eigenvalue weighted by atomic mass is 10.1. The second kappa shape index (κ2) is 5.82. The Balaban J connectivity index is 1.90. The van der Waals surface area contributed by atoms with Crippen LogP contribution in [0.3, 0.4) is 0 Å². The summed E-state index contributed by atoms with van der Waals surface area (Å²) in [5, 5.41) is 13.8. The van der Waals surface area contributed by atoms with Gasteiger partial charge in [0.15, 0.2) is 0 Å². The van der Waals surface area contributed by atoms with Crippen molar-refractivity contribution in [1.82, 2.24) is 4.57 Å². The van der Waals surface area contributed by atoms with Gasteiger partial charge in [-0.05, 0) is 30.3 Å². The van der Waals surface area contributed by atoms with Crippen molar-refractivity contribution in [2.45, 2.75) is 6.54 Å². The van der Waals surface area contributed by atoms with Gasteiger partial charge in [0.2, 0.25) is 0 Å². The molecule has 0 aliphatic rings. The zero-order valence-corrected chi connectivity index (χ0v) is 12.6. The average Bonchev–Trinajstić information content (AvgIpc) is 2.85. The van der Waals surface area contributed by atoms with Gasteiger partial charge in [0, 0.05) is 23.6 Å². The van der Waals surface area contributed by atoms with Gasteiger partial charge in [-0.3, -0.25) is 0 Å². The highest BCUT2D eigenvalue weighted by Gasteiger charge is 2.13. The molecule has 0 spiro atoms. The van der Waals surface area contributed by atoms with Crippen molar-refractivity contribution < 1.29 is 4.74 Å². The second-order valence-corrected chi connectivity index (χ2v) is 5.09. The number of rotatable bonds is 4. The Hall–Kier alpha value is -2.93. The predicted octanol–water partition coefficient (Wildman–Crippen LogP) is 3.67. The molecule has 0 unspecified atom stereocenters.